The van der Waals surface area contributed by atoms with E-state index in [1.165, 1.54) is 24.2 Å². The molecule has 2 aromatic carbocycles. The number of H-pyrrole nitrogens is 1. The summed E-state index contributed by atoms with van der Waals surface area (Å²) in [5, 5.41) is 2.80. The van der Waals surface area contributed by atoms with Gasteiger partial charge in [-0.3, -0.25) is 9.78 Å². The lowest BCUT2D eigenvalue weighted by atomic mass is 10.2. The molecule has 122 valence electrons. The second-order valence-electron chi connectivity index (χ2n) is 5.73. The van der Waals surface area contributed by atoms with Crippen LogP contribution in [-0.4, -0.2) is 25.8 Å². The average molecular weight is 329 g/mol. The zero-order valence-corrected chi connectivity index (χ0v) is 13.5. The van der Waals surface area contributed by atoms with Crippen LogP contribution < -0.4 is 5.32 Å². The van der Waals surface area contributed by atoms with Crippen LogP contribution in [0.1, 0.15) is 16.1 Å². The maximum absolute atomic E-state index is 12.1. The van der Waals surface area contributed by atoms with Crippen molar-refractivity contribution in [1.29, 1.82) is 0 Å². The van der Waals surface area contributed by atoms with E-state index in [-0.39, 0.29) is 11.6 Å². The fourth-order valence-electron chi connectivity index (χ4n) is 2.58. The molecule has 0 saturated carbocycles. The number of nitrogens with zero attached hydrogens (tertiary/aromatic N) is 3. The molecule has 2 heterocycles. The molecule has 0 fully saturated rings. The van der Waals surface area contributed by atoms with Gasteiger partial charge in [-0.1, -0.05) is 6.07 Å². The second kappa shape index (κ2) is 6.16. The number of aromatic nitrogens is 4. The molecule has 0 bridgehead atoms. The summed E-state index contributed by atoms with van der Waals surface area (Å²) in [6.45, 7) is 2.05. The number of imidazole rings is 1. The van der Waals surface area contributed by atoms with Gasteiger partial charge >= 0.3 is 0 Å². The highest BCUT2D eigenvalue weighted by atomic mass is 16.1. The van der Waals surface area contributed by atoms with E-state index in [1.54, 1.807) is 0 Å². The molecule has 6 heteroatoms. The summed E-state index contributed by atoms with van der Waals surface area (Å²) in [5.74, 6) is 0.507. The lowest BCUT2D eigenvalue weighted by molar-refractivity contribution is 0.102. The molecule has 2 aromatic heterocycles. The van der Waals surface area contributed by atoms with Crippen molar-refractivity contribution in [1.82, 2.24) is 19.9 Å². The zero-order valence-electron chi connectivity index (χ0n) is 13.5. The first-order chi connectivity index (χ1) is 12.2. The number of carbonyl (C=O) groups is 1. The second-order valence-corrected chi connectivity index (χ2v) is 5.73. The van der Waals surface area contributed by atoms with Crippen molar-refractivity contribution < 1.29 is 4.79 Å². The summed E-state index contributed by atoms with van der Waals surface area (Å²) < 4.78 is 0. The standard InChI is InChI=1S/C19H15N5O/c1-12-2-7-15-16(10-12)24-18(23-15)13-3-5-14(6-4-13)22-19(25)17-11-20-8-9-21-17/h2-11H,1H3,(H,22,25)(H,23,24). The van der Waals surface area contributed by atoms with Gasteiger partial charge in [0.05, 0.1) is 17.2 Å². The van der Waals surface area contributed by atoms with E-state index < -0.39 is 0 Å². The van der Waals surface area contributed by atoms with Crippen LogP contribution in [0.4, 0.5) is 5.69 Å². The molecule has 0 atom stereocenters. The highest BCUT2D eigenvalue weighted by Gasteiger charge is 2.09. The van der Waals surface area contributed by atoms with Crippen molar-refractivity contribution in [2.45, 2.75) is 6.92 Å². The molecule has 0 aliphatic carbocycles. The Morgan fingerprint density at radius 2 is 1.92 bits per heavy atom. The van der Waals surface area contributed by atoms with E-state index in [4.69, 9.17) is 0 Å². The number of anilines is 1. The highest BCUT2D eigenvalue weighted by Crippen LogP contribution is 2.22. The number of aryl methyl sites for hydroxylation is 1. The van der Waals surface area contributed by atoms with Crippen molar-refractivity contribution in [2.75, 3.05) is 5.32 Å². The minimum Gasteiger partial charge on any atom is -0.338 e. The van der Waals surface area contributed by atoms with Crippen LogP contribution >= 0.6 is 0 Å². The van der Waals surface area contributed by atoms with E-state index in [0.717, 1.165) is 22.4 Å². The minimum absolute atomic E-state index is 0.277. The smallest absolute Gasteiger partial charge is 0.275 e. The fraction of sp³-hybridized carbons (Fsp3) is 0.0526. The summed E-state index contributed by atoms with van der Waals surface area (Å²) in [7, 11) is 0. The first kappa shape index (κ1) is 15.0. The van der Waals surface area contributed by atoms with E-state index >= 15 is 0 Å². The molecular formula is C19H15N5O. The predicted molar refractivity (Wildman–Crippen MR) is 96.3 cm³/mol. The third kappa shape index (κ3) is 3.10. The number of hydrogen-bond acceptors (Lipinski definition) is 4. The predicted octanol–water partition coefficient (Wildman–Crippen LogP) is 3.58. The van der Waals surface area contributed by atoms with Crippen LogP contribution in [0.3, 0.4) is 0 Å². The Labute approximate surface area is 144 Å². The molecule has 4 aromatic rings. The Morgan fingerprint density at radius 3 is 2.68 bits per heavy atom. The Morgan fingerprint density at radius 1 is 1.08 bits per heavy atom. The average Bonchev–Trinajstić information content (AvgIpc) is 3.06. The van der Waals surface area contributed by atoms with Crippen molar-refractivity contribution in [3.63, 3.8) is 0 Å². The van der Waals surface area contributed by atoms with Gasteiger partial charge in [0.2, 0.25) is 0 Å². The molecule has 0 saturated heterocycles. The zero-order chi connectivity index (χ0) is 17.2. The van der Waals surface area contributed by atoms with Gasteiger partial charge in [0.25, 0.3) is 5.91 Å². The highest BCUT2D eigenvalue weighted by molar-refractivity contribution is 6.02. The summed E-state index contributed by atoms with van der Waals surface area (Å²) in [6, 6.07) is 13.6. The Hall–Kier alpha value is -3.54. The number of carbonyl (C=O) groups excluding carboxylic acids is 1. The van der Waals surface area contributed by atoms with Crippen molar-refractivity contribution in [3.8, 4) is 11.4 Å². The number of benzene rings is 2. The van der Waals surface area contributed by atoms with Crippen LogP contribution in [0.25, 0.3) is 22.4 Å². The van der Waals surface area contributed by atoms with Gasteiger partial charge in [-0.05, 0) is 48.9 Å². The maximum Gasteiger partial charge on any atom is 0.275 e. The van der Waals surface area contributed by atoms with E-state index in [2.05, 4.69) is 38.2 Å². The first-order valence-corrected chi connectivity index (χ1v) is 7.83. The third-order valence-electron chi connectivity index (χ3n) is 3.85. The normalized spacial score (nSPS) is 10.8. The van der Waals surface area contributed by atoms with Crippen LogP contribution in [0.2, 0.25) is 0 Å². The van der Waals surface area contributed by atoms with Gasteiger partial charge in [0, 0.05) is 23.6 Å². The third-order valence-corrected chi connectivity index (χ3v) is 3.85. The molecule has 0 unspecified atom stereocenters. The summed E-state index contributed by atoms with van der Waals surface area (Å²) in [6.07, 6.45) is 4.45. The molecule has 0 aliphatic rings. The molecule has 2 N–H and O–H groups in total. The Bertz CT molecular complexity index is 1040. The molecule has 6 nitrogen and oxygen atoms in total. The minimum atomic E-state index is -0.292. The molecule has 4 rings (SSSR count). The first-order valence-electron chi connectivity index (χ1n) is 7.83. The number of hydrogen-bond donors (Lipinski definition) is 2. The topological polar surface area (TPSA) is 83.6 Å². The summed E-state index contributed by atoms with van der Waals surface area (Å²) in [4.78, 5) is 27.9. The molecule has 1 amide bonds. The van der Waals surface area contributed by atoms with Gasteiger partial charge in [-0.2, -0.15) is 0 Å². The number of nitrogens with one attached hydrogen (secondary N) is 2. The van der Waals surface area contributed by atoms with E-state index in [9.17, 15) is 4.79 Å². The van der Waals surface area contributed by atoms with Crippen molar-refractivity contribution >= 4 is 22.6 Å². The number of fused-ring (bicyclic) bond motifs is 1. The number of amides is 1. The SMILES string of the molecule is Cc1ccc2nc(-c3ccc(NC(=O)c4cnccn4)cc3)[nH]c2c1. The van der Waals surface area contributed by atoms with Gasteiger partial charge < -0.3 is 10.3 Å². The molecule has 25 heavy (non-hydrogen) atoms. The van der Waals surface area contributed by atoms with E-state index in [0.29, 0.717) is 5.69 Å². The van der Waals surface area contributed by atoms with Crippen LogP contribution in [0.5, 0.6) is 0 Å². The van der Waals surface area contributed by atoms with Crippen molar-refractivity contribution in [3.05, 3.63) is 72.3 Å². The van der Waals surface area contributed by atoms with Gasteiger partial charge in [0.1, 0.15) is 11.5 Å². The fourth-order valence-corrected chi connectivity index (χ4v) is 2.58. The van der Waals surface area contributed by atoms with Gasteiger partial charge in [-0.25, -0.2) is 9.97 Å². The monoisotopic (exact) mass is 329 g/mol. The Balaban J connectivity index is 1.56. The van der Waals surface area contributed by atoms with Crippen LogP contribution in [0.15, 0.2) is 61.1 Å². The molecule has 0 radical (unpaired) electrons. The molecule has 0 aliphatic heterocycles. The lowest BCUT2D eigenvalue weighted by Crippen LogP contribution is -2.13. The van der Waals surface area contributed by atoms with E-state index in [1.807, 2.05) is 36.4 Å². The quantitative estimate of drug-likeness (QED) is 0.602. The lowest BCUT2D eigenvalue weighted by Gasteiger charge is -2.05. The van der Waals surface area contributed by atoms with Crippen molar-refractivity contribution in [2.24, 2.45) is 0 Å². The maximum atomic E-state index is 12.1. The summed E-state index contributed by atoms with van der Waals surface area (Å²) >= 11 is 0. The largest absolute Gasteiger partial charge is 0.338 e. The Kier molecular flexibility index (Phi) is 3.70. The molecule has 0 spiro atoms. The van der Waals surface area contributed by atoms with Crippen LogP contribution in [0, 0.1) is 6.92 Å². The molecular weight excluding hydrogens is 314 g/mol. The van der Waals surface area contributed by atoms with Gasteiger partial charge in [0.15, 0.2) is 0 Å². The van der Waals surface area contributed by atoms with Gasteiger partial charge in [-0.15, -0.1) is 0 Å². The summed E-state index contributed by atoms with van der Waals surface area (Å²) in [5.41, 5.74) is 5.04. The number of rotatable bonds is 3. The van der Waals surface area contributed by atoms with Crippen LogP contribution in [-0.2, 0) is 0 Å². The number of aromatic amines is 1.